The Hall–Kier alpha value is 0.464. The van der Waals surface area contributed by atoms with Crippen molar-refractivity contribution >= 4 is 52.1 Å². The minimum absolute atomic E-state index is 0. The Bertz CT molecular complexity index is 109. The summed E-state index contributed by atoms with van der Waals surface area (Å²) in [4.78, 5) is 4.84. The molecule has 6 nitrogen and oxygen atoms in total. The van der Waals surface area contributed by atoms with Crippen LogP contribution in [0.15, 0.2) is 5.85 Å². The summed E-state index contributed by atoms with van der Waals surface area (Å²) in [6.07, 6.45) is 0. The molecule has 0 aliphatic heterocycles. The second-order valence-corrected chi connectivity index (χ2v) is 2.81. The summed E-state index contributed by atoms with van der Waals surface area (Å²) < 4.78 is 6.23. The van der Waals surface area contributed by atoms with E-state index in [1.165, 1.54) is 0 Å². The van der Waals surface area contributed by atoms with E-state index >= 15 is 0 Å². The van der Waals surface area contributed by atoms with Crippen LogP contribution < -0.4 is 0 Å². The third-order valence-corrected chi connectivity index (χ3v) is 1.57. The maximum atomic E-state index is 7.62. The quantitative estimate of drug-likeness (QED) is 0.233. The fourth-order valence-corrected chi connectivity index (χ4v) is 0.526. The molecule has 0 aliphatic carbocycles. The van der Waals surface area contributed by atoms with Crippen molar-refractivity contribution in [1.29, 1.82) is 0 Å². The standard InChI is InChI=1S/2N3.2Pb/c2*1-3-2;;/q2*-1;;+2. The van der Waals surface area contributed by atoms with Crippen LogP contribution >= 0.6 is 0 Å². The van der Waals surface area contributed by atoms with Crippen molar-refractivity contribution in [1.82, 2.24) is 0 Å². The van der Waals surface area contributed by atoms with Gasteiger partial charge in [-0.15, -0.1) is 0 Å². The number of nitrogens with zero attached hydrogens (tertiary/aromatic N) is 6. The zero-order valence-corrected chi connectivity index (χ0v) is 11.5. The molecule has 0 amide bonds. The van der Waals surface area contributed by atoms with Gasteiger partial charge in [-0.2, -0.15) is 0 Å². The van der Waals surface area contributed by atoms with Gasteiger partial charge in [0.25, 0.3) is 0 Å². The molecule has 0 spiro atoms. The number of rotatable bonds is 2. The van der Waals surface area contributed by atoms with E-state index in [4.69, 9.17) is 11.1 Å². The van der Waals surface area contributed by atoms with Gasteiger partial charge in [0.05, 0.1) is 0 Å². The molecule has 0 unspecified atom stereocenters. The first-order chi connectivity index (χ1) is 3.41. The van der Waals surface area contributed by atoms with Crippen LogP contribution in [0.4, 0.5) is 0 Å². The molecule has 0 fully saturated rings. The van der Waals surface area contributed by atoms with Gasteiger partial charge in [-0.25, -0.2) is 0 Å². The predicted octanol–water partition coefficient (Wildman–Crippen LogP) is 0.760. The van der Waals surface area contributed by atoms with E-state index in [1.54, 1.807) is 0 Å². The van der Waals surface area contributed by atoms with Crippen molar-refractivity contribution in [2.45, 2.75) is 0 Å². The van der Waals surface area contributed by atoms with Crippen LogP contribution in [0.2, 0.25) is 0 Å². The van der Waals surface area contributed by atoms with Crippen molar-refractivity contribution in [3.05, 3.63) is 20.9 Å². The van der Waals surface area contributed by atoms with Gasteiger partial charge in [0.2, 0.25) is 0 Å². The Kier molecular flexibility index (Phi) is 14.7. The molecule has 0 saturated carbocycles. The van der Waals surface area contributed by atoms with E-state index in [0.717, 1.165) is 0 Å². The summed E-state index contributed by atoms with van der Waals surface area (Å²) in [5, 5.41) is 0. The first-order valence-corrected chi connectivity index (χ1v) is 4.72. The van der Waals surface area contributed by atoms with Crippen LogP contribution in [0.3, 0.4) is 0 Å². The largest absolute Gasteiger partial charge is 0 e. The van der Waals surface area contributed by atoms with Gasteiger partial charge in [0.1, 0.15) is 0 Å². The maximum Gasteiger partial charge on any atom is 0 e. The monoisotopic (exact) mass is 500 g/mol. The fourth-order valence-electron chi connectivity index (χ4n) is 0.0600. The summed E-state index contributed by atoms with van der Waals surface area (Å²) in [7, 11) is 0. The fraction of sp³-hybridized carbons (Fsp3) is 0. The minimum atomic E-state index is -1.58. The second kappa shape index (κ2) is 10.4. The minimum Gasteiger partial charge on any atom is 0 e. The molecule has 0 saturated heterocycles. The van der Waals surface area contributed by atoms with Gasteiger partial charge < -0.3 is 0 Å². The van der Waals surface area contributed by atoms with Crippen molar-refractivity contribution in [2.24, 2.45) is 5.85 Å². The maximum absolute atomic E-state index is 7.62. The van der Waals surface area contributed by atoms with Crippen molar-refractivity contribution < 1.29 is 0 Å². The van der Waals surface area contributed by atoms with Crippen LogP contribution in [-0.2, 0) is 0 Å². The molecule has 0 heterocycles. The smallest absolute Gasteiger partial charge is 0 e. The average Bonchev–Trinajstić information content (AvgIpc) is 1.69. The molecule has 8 heteroatoms. The van der Waals surface area contributed by atoms with Crippen LogP contribution in [0.25, 0.3) is 20.9 Å². The zero-order valence-electron chi connectivity index (χ0n) is 3.68. The first kappa shape index (κ1) is 11.3. The molecule has 0 rings (SSSR count). The van der Waals surface area contributed by atoms with Gasteiger partial charge in [-0.3, -0.25) is 0 Å². The van der Waals surface area contributed by atoms with E-state index in [1.807, 2.05) is 0 Å². The summed E-state index contributed by atoms with van der Waals surface area (Å²) >= 11 is -1.58. The third-order valence-electron chi connectivity index (χ3n) is 0.179. The average molecular weight is 498 g/mol. The zero-order chi connectivity index (χ0) is 5.54. The van der Waals surface area contributed by atoms with E-state index in [9.17, 15) is 0 Å². The van der Waals surface area contributed by atoms with Gasteiger partial charge >= 0.3 is 51.6 Å². The Morgan fingerprint density at radius 2 is 1.50 bits per heavy atom. The first-order valence-electron chi connectivity index (χ1n) is 1.25. The molecular weight excluding hydrogens is 498 g/mol. The van der Waals surface area contributed by atoms with E-state index in [2.05, 4.69) is 15.7 Å². The van der Waals surface area contributed by atoms with E-state index < -0.39 is 24.8 Å². The van der Waals surface area contributed by atoms with Crippen LogP contribution in [0, 0.1) is 0 Å². The summed E-state index contributed by atoms with van der Waals surface area (Å²) in [5.74, 6) is 0. The molecule has 6 radical (unpaired) electrons. The molecule has 0 N–H and O–H groups in total. The van der Waals surface area contributed by atoms with Crippen LogP contribution in [-0.4, -0.2) is 52.1 Å². The van der Waals surface area contributed by atoms with Crippen LogP contribution in [0.5, 0.6) is 0 Å². The van der Waals surface area contributed by atoms with Gasteiger partial charge in [-0.05, 0) is 0 Å². The molecule has 8 heavy (non-hydrogen) atoms. The number of hydrogen-bond acceptors (Lipinski definition) is 2. The summed E-state index contributed by atoms with van der Waals surface area (Å²) in [5.41, 5.74) is 15.2. The molecule has 0 bridgehead atoms. The van der Waals surface area contributed by atoms with Gasteiger partial charge in [0.15, 0.2) is 0 Å². The number of hydrogen-bond donors (Lipinski definition) is 0. The third kappa shape index (κ3) is 9.68. The molecule has 0 aromatic heterocycles. The van der Waals surface area contributed by atoms with E-state index in [0.29, 0.717) is 0 Å². The molecule has 0 aliphatic rings. The van der Waals surface area contributed by atoms with Gasteiger partial charge in [0, 0.05) is 27.3 Å². The topological polar surface area (TPSA) is 97.5 Å². The van der Waals surface area contributed by atoms with E-state index in [-0.39, 0.29) is 27.3 Å². The second-order valence-electron chi connectivity index (χ2n) is 0.479. The van der Waals surface area contributed by atoms with Crippen molar-refractivity contribution in [3.63, 3.8) is 0 Å². The molecule has 38 valence electrons. The molecule has 0 atom stereocenters. The summed E-state index contributed by atoms with van der Waals surface area (Å²) in [6, 6.07) is 0. The van der Waals surface area contributed by atoms with Crippen molar-refractivity contribution in [2.75, 3.05) is 0 Å². The predicted molar refractivity (Wildman–Crippen MR) is 29.8 cm³/mol. The Labute approximate surface area is 78.1 Å². The SMILES string of the molecule is [N-]=[N+]=[N][Pb][N]=[N+]=[N-].[Pb]. The summed E-state index contributed by atoms with van der Waals surface area (Å²) in [6.45, 7) is 0. The van der Waals surface area contributed by atoms with Crippen molar-refractivity contribution in [3.8, 4) is 0 Å². The van der Waals surface area contributed by atoms with Crippen LogP contribution in [0.1, 0.15) is 0 Å². The van der Waals surface area contributed by atoms with Gasteiger partial charge in [-0.1, -0.05) is 0 Å². The Morgan fingerprint density at radius 1 is 1.12 bits per heavy atom. The molecule has 0 aromatic rings. The number of azide groups is 1. The molecule has 0 aromatic carbocycles. The molecular formula is N6Pb2. The Morgan fingerprint density at radius 3 is 1.75 bits per heavy atom. The Balaban J connectivity index is 0. The normalized spacial score (nSPS) is 5.00.